The first kappa shape index (κ1) is 21.4. The van der Waals surface area contributed by atoms with Crippen LogP contribution in [0.15, 0.2) is 29.4 Å². The van der Waals surface area contributed by atoms with Crippen molar-refractivity contribution in [3.05, 3.63) is 30.2 Å². The van der Waals surface area contributed by atoms with Crippen LogP contribution in [0.2, 0.25) is 0 Å². The molecule has 1 aliphatic rings. The Labute approximate surface area is 176 Å². The number of hydrogen-bond donors (Lipinski definition) is 2. The van der Waals surface area contributed by atoms with E-state index >= 15 is 0 Å². The molecule has 1 aliphatic heterocycles. The molecule has 0 aliphatic carbocycles. The highest BCUT2D eigenvalue weighted by Crippen LogP contribution is 2.07. The molecule has 0 atom stereocenters. The van der Waals surface area contributed by atoms with Gasteiger partial charge in [0.1, 0.15) is 12.4 Å². The van der Waals surface area contributed by atoms with Crippen LogP contribution in [-0.2, 0) is 11.2 Å². The minimum absolute atomic E-state index is 0. The number of halogens is 1. The molecule has 0 radical (unpaired) electrons. The van der Waals surface area contributed by atoms with Crippen molar-refractivity contribution in [2.45, 2.75) is 32.6 Å². The summed E-state index contributed by atoms with van der Waals surface area (Å²) < 4.78 is 2.01. The van der Waals surface area contributed by atoms with Crippen LogP contribution in [0.25, 0.3) is 5.65 Å². The second-order valence-corrected chi connectivity index (χ2v) is 6.36. The number of pyridine rings is 1. The maximum absolute atomic E-state index is 12.1. The summed E-state index contributed by atoms with van der Waals surface area (Å²) >= 11 is 0. The number of carbonyl (C=O) groups is 1. The fourth-order valence-corrected chi connectivity index (χ4v) is 3.07. The van der Waals surface area contributed by atoms with Crippen molar-refractivity contribution in [2.24, 2.45) is 4.99 Å². The molecule has 1 fully saturated rings. The molecule has 0 unspecified atom stereocenters. The number of amides is 1. The van der Waals surface area contributed by atoms with Gasteiger partial charge in [0.25, 0.3) is 0 Å². The molecule has 0 saturated carbocycles. The van der Waals surface area contributed by atoms with Gasteiger partial charge in [0.05, 0.1) is 0 Å². The number of carbonyl (C=O) groups excluding carboxylic acids is 1. The summed E-state index contributed by atoms with van der Waals surface area (Å²) in [6, 6.07) is 5.88. The molecular formula is C18H28IN7O. The number of likely N-dealkylation sites (tertiary alicyclic amines) is 1. The number of hydrogen-bond acceptors (Lipinski definition) is 4. The predicted molar refractivity (Wildman–Crippen MR) is 117 cm³/mol. The minimum atomic E-state index is 0. The van der Waals surface area contributed by atoms with Crippen LogP contribution in [-0.4, -0.2) is 64.1 Å². The highest BCUT2D eigenvalue weighted by Gasteiger charge is 2.17. The lowest BCUT2D eigenvalue weighted by Crippen LogP contribution is -2.39. The Bertz CT molecular complexity index is 755. The molecule has 9 heteroatoms. The fraction of sp³-hybridized carbons (Fsp3) is 0.556. The predicted octanol–water partition coefficient (Wildman–Crippen LogP) is 1.46. The second kappa shape index (κ2) is 11.1. The number of aryl methyl sites for hydroxylation is 1. The summed E-state index contributed by atoms with van der Waals surface area (Å²) in [6.07, 6.45) is 5.91. The SMILES string of the molecule is CCNC(=NCC(=O)N1CCCC1)NCCCc1nnc2ccccn12.I. The van der Waals surface area contributed by atoms with Crippen molar-refractivity contribution in [1.29, 1.82) is 0 Å². The summed E-state index contributed by atoms with van der Waals surface area (Å²) in [5, 5.41) is 14.9. The van der Waals surface area contributed by atoms with Crippen LogP contribution < -0.4 is 10.6 Å². The Kier molecular flexibility index (Phi) is 8.76. The van der Waals surface area contributed by atoms with Crippen molar-refractivity contribution >= 4 is 41.5 Å². The van der Waals surface area contributed by atoms with E-state index in [9.17, 15) is 4.79 Å². The quantitative estimate of drug-likeness (QED) is 0.269. The summed E-state index contributed by atoms with van der Waals surface area (Å²) in [5.74, 6) is 1.74. The number of nitrogens with zero attached hydrogens (tertiary/aromatic N) is 5. The van der Waals surface area contributed by atoms with Gasteiger partial charge in [-0.2, -0.15) is 0 Å². The van der Waals surface area contributed by atoms with E-state index in [1.807, 2.05) is 40.6 Å². The smallest absolute Gasteiger partial charge is 0.244 e. The molecular weight excluding hydrogens is 457 g/mol. The van der Waals surface area contributed by atoms with Crippen LogP contribution in [0, 0.1) is 0 Å². The van der Waals surface area contributed by atoms with Gasteiger partial charge in [-0.05, 0) is 38.3 Å². The van der Waals surface area contributed by atoms with Crippen LogP contribution in [0.1, 0.15) is 32.0 Å². The van der Waals surface area contributed by atoms with Crippen LogP contribution >= 0.6 is 24.0 Å². The zero-order valence-corrected chi connectivity index (χ0v) is 18.1. The minimum Gasteiger partial charge on any atom is -0.357 e. The zero-order valence-electron chi connectivity index (χ0n) is 15.7. The molecule has 2 aromatic rings. The number of rotatable bonds is 7. The topological polar surface area (TPSA) is 86.9 Å². The molecule has 3 heterocycles. The van der Waals surface area contributed by atoms with Crippen LogP contribution in [0.5, 0.6) is 0 Å². The summed E-state index contributed by atoms with van der Waals surface area (Å²) in [4.78, 5) is 18.4. The number of guanidine groups is 1. The molecule has 27 heavy (non-hydrogen) atoms. The maximum atomic E-state index is 12.1. The first-order valence-corrected chi connectivity index (χ1v) is 9.36. The number of aromatic nitrogens is 3. The van der Waals surface area contributed by atoms with Gasteiger partial charge in [0, 0.05) is 38.8 Å². The van der Waals surface area contributed by atoms with E-state index < -0.39 is 0 Å². The average molecular weight is 485 g/mol. The van der Waals surface area contributed by atoms with E-state index in [4.69, 9.17) is 0 Å². The van der Waals surface area contributed by atoms with E-state index in [0.717, 1.165) is 63.3 Å². The van der Waals surface area contributed by atoms with Gasteiger partial charge >= 0.3 is 0 Å². The van der Waals surface area contributed by atoms with Gasteiger partial charge < -0.3 is 15.5 Å². The van der Waals surface area contributed by atoms with E-state index in [1.54, 1.807) is 0 Å². The molecule has 0 spiro atoms. The average Bonchev–Trinajstić information content (AvgIpc) is 3.33. The number of nitrogens with one attached hydrogen (secondary N) is 2. The molecule has 148 valence electrons. The van der Waals surface area contributed by atoms with E-state index in [2.05, 4.69) is 25.8 Å². The maximum Gasteiger partial charge on any atom is 0.244 e. The van der Waals surface area contributed by atoms with E-state index in [0.29, 0.717) is 5.96 Å². The number of aliphatic imine (C=N–C) groups is 1. The second-order valence-electron chi connectivity index (χ2n) is 6.36. The Morgan fingerprint density at radius 1 is 1.22 bits per heavy atom. The summed E-state index contributed by atoms with van der Waals surface area (Å²) in [7, 11) is 0. The first-order chi connectivity index (χ1) is 12.8. The van der Waals surface area contributed by atoms with Gasteiger partial charge in [0.2, 0.25) is 5.91 Å². The van der Waals surface area contributed by atoms with Gasteiger partial charge in [-0.3, -0.25) is 9.20 Å². The molecule has 2 aromatic heterocycles. The van der Waals surface area contributed by atoms with Gasteiger partial charge in [-0.1, -0.05) is 6.07 Å². The lowest BCUT2D eigenvalue weighted by Gasteiger charge is -2.15. The highest BCUT2D eigenvalue weighted by molar-refractivity contribution is 14.0. The molecule has 0 aromatic carbocycles. The van der Waals surface area contributed by atoms with E-state index in [-0.39, 0.29) is 36.4 Å². The zero-order chi connectivity index (χ0) is 18.2. The molecule has 2 N–H and O–H groups in total. The van der Waals surface area contributed by atoms with Crippen molar-refractivity contribution < 1.29 is 4.79 Å². The molecule has 3 rings (SSSR count). The lowest BCUT2D eigenvalue weighted by molar-refractivity contribution is -0.128. The third kappa shape index (κ3) is 6.05. The standard InChI is InChI=1S/C18H27N7O.HI/c1-2-19-18(21-14-17(26)24-11-5-6-12-24)20-10-7-9-16-23-22-15-8-3-4-13-25(15)16;/h3-4,8,13H,2,5-7,9-12,14H2,1H3,(H2,19,20,21);1H. The van der Waals surface area contributed by atoms with Gasteiger partial charge in [0.15, 0.2) is 11.6 Å². The Balaban J connectivity index is 0.00000261. The largest absolute Gasteiger partial charge is 0.357 e. The Morgan fingerprint density at radius 3 is 2.81 bits per heavy atom. The molecule has 1 amide bonds. The molecule has 8 nitrogen and oxygen atoms in total. The Hall–Kier alpha value is -1.91. The van der Waals surface area contributed by atoms with Crippen molar-refractivity contribution in [2.75, 3.05) is 32.7 Å². The third-order valence-corrected chi connectivity index (χ3v) is 4.43. The first-order valence-electron chi connectivity index (χ1n) is 9.36. The third-order valence-electron chi connectivity index (χ3n) is 4.43. The molecule has 0 bridgehead atoms. The van der Waals surface area contributed by atoms with Gasteiger partial charge in [-0.15, -0.1) is 34.2 Å². The van der Waals surface area contributed by atoms with E-state index in [1.165, 1.54) is 0 Å². The van der Waals surface area contributed by atoms with Gasteiger partial charge in [-0.25, -0.2) is 4.99 Å². The lowest BCUT2D eigenvalue weighted by atomic mass is 10.3. The fourth-order valence-electron chi connectivity index (χ4n) is 3.07. The highest BCUT2D eigenvalue weighted by atomic mass is 127. The molecule has 1 saturated heterocycles. The Morgan fingerprint density at radius 2 is 2.04 bits per heavy atom. The van der Waals surface area contributed by atoms with Crippen LogP contribution in [0.4, 0.5) is 0 Å². The van der Waals surface area contributed by atoms with Crippen LogP contribution in [0.3, 0.4) is 0 Å². The van der Waals surface area contributed by atoms with Crippen molar-refractivity contribution in [3.63, 3.8) is 0 Å². The monoisotopic (exact) mass is 485 g/mol. The van der Waals surface area contributed by atoms with Crippen molar-refractivity contribution in [3.8, 4) is 0 Å². The summed E-state index contributed by atoms with van der Waals surface area (Å²) in [5.41, 5.74) is 0.866. The number of fused-ring (bicyclic) bond motifs is 1. The normalized spacial score (nSPS) is 14.3. The summed E-state index contributed by atoms with van der Waals surface area (Å²) in [6.45, 7) is 5.46. The van der Waals surface area contributed by atoms with Crippen molar-refractivity contribution in [1.82, 2.24) is 30.1 Å².